The molecule has 0 saturated heterocycles. The molecular formula is C11H11BrN2O2S. The van der Waals surface area contributed by atoms with Crippen LogP contribution < -0.4 is 0 Å². The number of rotatable bonds is 3. The van der Waals surface area contributed by atoms with Crippen molar-refractivity contribution in [1.82, 2.24) is 9.97 Å². The van der Waals surface area contributed by atoms with Gasteiger partial charge in [-0.3, -0.25) is 0 Å². The molecule has 0 radical (unpaired) electrons. The molecule has 0 aliphatic heterocycles. The van der Waals surface area contributed by atoms with Gasteiger partial charge in [-0.15, -0.1) is 0 Å². The number of halogens is 1. The molecule has 0 unspecified atom stereocenters. The number of benzene rings is 1. The lowest BCUT2D eigenvalue weighted by Crippen LogP contribution is -2.03. The van der Waals surface area contributed by atoms with Gasteiger partial charge in [0.25, 0.3) is 0 Å². The van der Waals surface area contributed by atoms with Crippen molar-refractivity contribution in [2.24, 2.45) is 0 Å². The SMILES string of the molecule is CCS(=O)(=O)c1ccc(-c2cnc(Br)[nH]2)cc1. The zero-order chi connectivity index (χ0) is 12.5. The Kier molecular flexibility index (Phi) is 3.35. The van der Waals surface area contributed by atoms with E-state index in [2.05, 4.69) is 25.9 Å². The fraction of sp³-hybridized carbons (Fsp3) is 0.182. The van der Waals surface area contributed by atoms with Crippen molar-refractivity contribution in [3.8, 4) is 11.3 Å². The topological polar surface area (TPSA) is 62.8 Å². The maximum Gasteiger partial charge on any atom is 0.178 e. The number of aromatic nitrogens is 2. The molecule has 6 heteroatoms. The van der Waals surface area contributed by atoms with Gasteiger partial charge >= 0.3 is 0 Å². The Hall–Kier alpha value is -1.14. The molecule has 90 valence electrons. The second kappa shape index (κ2) is 4.62. The number of H-pyrrole nitrogens is 1. The molecule has 0 aliphatic rings. The quantitative estimate of drug-likeness (QED) is 0.947. The standard InChI is InChI=1S/C11H11BrN2O2S/c1-2-17(15,16)9-5-3-8(4-6-9)10-7-13-11(12)14-10/h3-7H,2H2,1H3,(H,13,14). The molecular weight excluding hydrogens is 304 g/mol. The van der Waals surface area contributed by atoms with E-state index in [9.17, 15) is 8.42 Å². The van der Waals surface area contributed by atoms with Crippen LogP contribution in [0.5, 0.6) is 0 Å². The maximum absolute atomic E-state index is 11.6. The number of nitrogens with one attached hydrogen (secondary N) is 1. The monoisotopic (exact) mass is 314 g/mol. The molecule has 1 N–H and O–H groups in total. The predicted octanol–water partition coefficient (Wildman–Crippen LogP) is 2.63. The molecule has 4 nitrogen and oxygen atoms in total. The zero-order valence-electron chi connectivity index (χ0n) is 9.14. The number of sulfone groups is 1. The summed E-state index contributed by atoms with van der Waals surface area (Å²) in [5.74, 6) is 0.113. The first-order valence-electron chi connectivity index (χ1n) is 5.06. The number of hydrogen-bond acceptors (Lipinski definition) is 3. The molecule has 0 amide bonds. The molecule has 2 rings (SSSR count). The molecule has 1 heterocycles. The summed E-state index contributed by atoms with van der Waals surface area (Å²) in [6.45, 7) is 1.63. The Morgan fingerprint density at radius 1 is 1.29 bits per heavy atom. The van der Waals surface area contributed by atoms with E-state index in [1.54, 1.807) is 37.4 Å². The van der Waals surface area contributed by atoms with Gasteiger partial charge in [0, 0.05) is 0 Å². The van der Waals surface area contributed by atoms with Crippen molar-refractivity contribution in [2.75, 3.05) is 5.75 Å². The molecule has 0 fully saturated rings. The smallest absolute Gasteiger partial charge is 0.178 e. The number of imidazole rings is 1. The summed E-state index contributed by atoms with van der Waals surface area (Å²) in [7, 11) is -3.13. The molecule has 0 saturated carbocycles. The summed E-state index contributed by atoms with van der Waals surface area (Å²) < 4.78 is 23.9. The van der Waals surface area contributed by atoms with E-state index in [0.29, 0.717) is 9.63 Å². The number of hydrogen-bond donors (Lipinski definition) is 1. The van der Waals surface area contributed by atoms with Gasteiger partial charge in [0.05, 0.1) is 22.5 Å². The highest BCUT2D eigenvalue weighted by Crippen LogP contribution is 2.21. The normalized spacial score (nSPS) is 11.6. The van der Waals surface area contributed by atoms with E-state index in [4.69, 9.17) is 0 Å². The van der Waals surface area contributed by atoms with Crippen LogP contribution in [0.25, 0.3) is 11.3 Å². The molecule has 0 aliphatic carbocycles. The average Bonchev–Trinajstić information content (AvgIpc) is 2.76. The van der Waals surface area contributed by atoms with Gasteiger partial charge in [-0.05, 0) is 33.6 Å². The lowest BCUT2D eigenvalue weighted by Gasteiger charge is -2.02. The first-order valence-corrected chi connectivity index (χ1v) is 7.51. The van der Waals surface area contributed by atoms with Crippen LogP contribution in [0.4, 0.5) is 0 Å². The third kappa shape index (κ3) is 2.58. The van der Waals surface area contributed by atoms with E-state index >= 15 is 0 Å². The second-order valence-electron chi connectivity index (χ2n) is 3.52. The molecule has 0 spiro atoms. The zero-order valence-corrected chi connectivity index (χ0v) is 11.5. The number of aromatic amines is 1. The Morgan fingerprint density at radius 3 is 2.41 bits per heavy atom. The lowest BCUT2D eigenvalue weighted by molar-refractivity contribution is 0.597. The molecule has 1 aromatic heterocycles. The molecule has 17 heavy (non-hydrogen) atoms. The van der Waals surface area contributed by atoms with Crippen LogP contribution in [0.15, 0.2) is 40.1 Å². The average molecular weight is 315 g/mol. The van der Waals surface area contributed by atoms with Crippen molar-refractivity contribution in [3.63, 3.8) is 0 Å². The molecule has 1 aromatic carbocycles. The van der Waals surface area contributed by atoms with Crippen LogP contribution in [0.2, 0.25) is 0 Å². The van der Waals surface area contributed by atoms with Crippen molar-refractivity contribution < 1.29 is 8.42 Å². The van der Waals surface area contributed by atoms with Crippen LogP contribution in [-0.4, -0.2) is 24.1 Å². The third-order valence-electron chi connectivity index (χ3n) is 2.45. The van der Waals surface area contributed by atoms with Crippen molar-refractivity contribution in [2.45, 2.75) is 11.8 Å². The van der Waals surface area contributed by atoms with Gasteiger partial charge in [0.2, 0.25) is 0 Å². The summed E-state index contributed by atoms with van der Waals surface area (Å²) in [5, 5.41) is 0. The highest BCUT2D eigenvalue weighted by Gasteiger charge is 2.11. The van der Waals surface area contributed by atoms with Gasteiger partial charge in [0.1, 0.15) is 0 Å². The van der Waals surface area contributed by atoms with Gasteiger partial charge in [-0.1, -0.05) is 19.1 Å². The molecule has 0 bridgehead atoms. The largest absolute Gasteiger partial charge is 0.333 e. The first-order chi connectivity index (χ1) is 8.03. The summed E-state index contributed by atoms with van der Waals surface area (Å²) >= 11 is 3.22. The van der Waals surface area contributed by atoms with E-state index < -0.39 is 9.84 Å². The van der Waals surface area contributed by atoms with Crippen LogP contribution in [0.3, 0.4) is 0 Å². The fourth-order valence-corrected chi connectivity index (χ4v) is 2.65. The highest BCUT2D eigenvalue weighted by atomic mass is 79.9. The van der Waals surface area contributed by atoms with Gasteiger partial charge < -0.3 is 4.98 Å². The van der Waals surface area contributed by atoms with Crippen LogP contribution in [0, 0.1) is 0 Å². The third-order valence-corrected chi connectivity index (χ3v) is 4.60. The minimum Gasteiger partial charge on any atom is -0.333 e. The van der Waals surface area contributed by atoms with Crippen LogP contribution in [-0.2, 0) is 9.84 Å². The molecule has 0 atom stereocenters. The second-order valence-corrected chi connectivity index (χ2v) is 6.54. The van der Waals surface area contributed by atoms with Gasteiger partial charge in [-0.25, -0.2) is 13.4 Å². The van der Waals surface area contributed by atoms with Gasteiger partial charge in [-0.2, -0.15) is 0 Å². The fourth-order valence-electron chi connectivity index (χ4n) is 1.45. The minimum atomic E-state index is -3.13. The van der Waals surface area contributed by atoms with Crippen molar-refractivity contribution in [3.05, 3.63) is 35.2 Å². The van der Waals surface area contributed by atoms with Crippen molar-refractivity contribution in [1.29, 1.82) is 0 Å². The maximum atomic E-state index is 11.6. The predicted molar refractivity (Wildman–Crippen MR) is 69.5 cm³/mol. The van der Waals surface area contributed by atoms with Crippen LogP contribution in [0.1, 0.15) is 6.92 Å². The van der Waals surface area contributed by atoms with E-state index in [0.717, 1.165) is 11.3 Å². The Bertz CT molecular complexity index is 617. The van der Waals surface area contributed by atoms with E-state index in [1.165, 1.54) is 0 Å². The van der Waals surface area contributed by atoms with Crippen LogP contribution >= 0.6 is 15.9 Å². The Labute approximate surface area is 108 Å². The first kappa shape index (κ1) is 12.3. The summed E-state index contributed by atoms with van der Waals surface area (Å²) in [6.07, 6.45) is 1.69. The Morgan fingerprint density at radius 2 is 1.94 bits per heavy atom. The molecule has 2 aromatic rings. The van der Waals surface area contributed by atoms with Gasteiger partial charge in [0.15, 0.2) is 14.6 Å². The lowest BCUT2D eigenvalue weighted by atomic mass is 10.2. The summed E-state index contributed by atoms with van der Waals surface area (Å²) in [6, 6.07) is 6.76. The highest BCUT2D eigenvalue weighted by molar-refractivity contribution is 9.10. The summed E-state index contributed by atoms with van der Waals surface area (Å²) in [4.78, 5) is 7.39. The number of nitrogens with zero attached hydrogens (tertiary/aromatic N) is 1. The van der Waals surface area contributed by atoms with Crippen molar-refractivity contribution >= 4 is 25.8 Å². The minimum absolute atomic E-state index is 0.113. The Balaban J connectivity index is 2.37. The van der Waals surface area contributed by atoms with E-state index in [1.807, 2.05) is 0 Å². The van der Waals surface area contributed by atoms with E-state index in [-0.39, 0.29) is 5.75 Å². The summed E-state index contributed by atoms with van der Waals surface area (Å²) in [5.41, 5.74) is 1.75.